The molecule has 11 heavy (non-hydrogen) atoms. The van der Waals surface area contributed by atoms with Crippen LogP contribution in [0, 0.1) is 23.2 Å². The van der Waals surface area contributed by atoms with E-state index < -0.39 is 0 Å². The fourth-order valence-corrected chi connectivity index (χ4v) is 0.552. The fraction of sp³-hybridized carbons (Fsp3) is 0. The highest BCUT2D eigenvalue weighted by Crippen LogP contribution is 2.04. The smallest absolute Gasteiger partial charge is 0.152 e. The quantitative estimate of drug-likeness (QED) is 0.544. The number of rotatable bonds is 0. The van der Waals surface area contributed by atoms with Crippen molar-refractivity contribution < 1.29 is 5.11 Å². The first-order valence-corrected chi connectivity index (χ1v) is 2.88. The van der Waals surface area contributed by atoms with E-state index in [0.717, 1.165) is 0 Å². The highest BCUT2D eigenvalue weighted by Gasteiger charge is 1.87. The summed E-state index contributed by atoms with van der Waals surface area (Å²) >= 11 is 0. The van der Waals surface area contributed by atoms with Crippen LogP contribution in [0.2, 0.25) is 0 Å². The van der Waals surface area contributed by atoms with Crippen LogP contribution >= 0.6 is 0 Å². The highest BCUT2D eigenvalue weighted by molar-refractivity contribution is 5.34. The Balaban J connectivity index is 2.93. The summed E-state index contributed by atoms with van der Waals surface area (Å²) in [6.07, 6.45) is 1.28. The van der Waals surface area contributed by atoms with Crippen molar-refractivity contribution in [3.8, 4) is 23.7 Å². The van der Waals surface area contributed by atoms with Crippen molar-refractivity contribution in [3.05, 3.63) is 24.0 Å². The second-order valence-corrected chi connectivity index (χ2v) is 1.76. The fourth-order valence-electron chi connectivity index (χ4n) is 0.552. The van der Waals surface area contributed by atoms with Crippen molar-refractivity contribution in [3.63, 3.8) is 0 Å². The predicted octanol–water partition coefficient (Wildman–Crippen LogP) is 0.662. The lowest BCUT2D eigenvalue weighted by molar-refractivity contribution is 0.472. The van der Waals surface area contributed by atoms with Crippen molar-refractivity contribution in [1.29, 1.82) is 5.26 Å². The molecule has 0 aliphatic rings. The number of nitriles is 1. The van der Waals surface area contributed by atoms with Gasteiger partial charge in [0.1, 0.15) is 11.4 Å². The first-order chi connectivity index (χ1) is 5.33. The van der Waals surface area contributed by atoms with E-state index in [4.69, 9.17) is 10.4 Å². The molecule has 0 aliphatic carbocycles. The van der Waals surface area contributed by atoms with Crippen LogP contribution in [-0.2, 0) is 0 Å². The third-order valence-corrected chi connectivity index (χ3v) is 0.994. The summed E-state index contributed by atoms with van der Waals surface area (Å²) in [5.41, 5.74) is 0.476. The molecular weight excluding hydrogens is 140 g/mol. The van der Waals surface area contributed by atoms with Crippen LogP contribution in [-0.4, -0.2) is 10.1 Å². The standard InChI is InChI=1S/C8H4N2O/c9-5-1-2-7-3-4-8(11)6-10-7/h3-4,6,11H. The van der Waals surface area contributed by atoms with E-state index in [1.807, 2.05) is 0 Å². The van der Waals surface area contributed by atoms with Gasteiger partial charge < -0.3 is 5.11 Å². The molecule has 3 heteroatoms. The Bertz CT molecular complexity index is 337. The Kier molecular flexibility index (Phi) is 2.09. The van der Waals surface area contributed by atoms with Gasteiger partial charge in [-0.25, -0.2) is 4.98 Å². The number of hydrogen-bond donors (Lipinski definition) is 1. The zero-order valence-corrected chi connectivity index (χ0v) is 5.57. The molecule has 0 saturated heterocycles. The predicted molar refractivity (Wildman–Crippen MR) is 38.4 cm³/mol. The van der Waals surface area contributed by atoms with Gasteiger partial charge >= 0.3 is 0 Å². The Morgan fingerprint density at radius 1 is 1.45 bits per heavy atom. The monoisotopic (exact) mass is 144 g/mol. The van der Waals surface area contributed by atoms with Crippen LogP contribution in [0.4, 0.5) is 0 Å². The summed E-state index contributed by atoms with van der Waals surface area (Å²) in [6, 6.07) is 4.68. The zero-order valence-electron chi connectivity index (χ0n) is 5.57. The third kappa shape index (κ3) is 2.00. The van der Waals surface area contributed by atoms with Gasteiger partial charge in [-0.15, -0.1) is 0 Å². The summed E-state index contributed by atoms with van der Waals surface area (Å²) in [5.74, 6) is 4.77. The van der Waals surface area contributed by atoms with Crippen LogP contribution in [0.1, 0.15) is 5.69 Å². The molecule has 0 atom stereocenters. The molecule has 0 unspecified atom stereocenters. The van der Waals surface area contributed by atoms with Gasteiger partial charge in [0.05, 0.1) is 6.20 Å². The third-order valence-electron chi connectivity index (χ3n) is 0.994. The molecule has 3 nitrogen and oxygen atoms in total. The van der Waals surface area contributed by atoms with E-state index in [1.165, 1.54) is 12.3 Å². The minimum absolute atomic E-state index is 0.0903. The molecule has 0 saturated carbocycles. The largest absolute Gasteiger partial charge is 0.506 e. The lowest BCUT2D eigenvalue weighted by atomic mass is 10.3. The molecule has 1 N–H and O–H groups in total. The molecule has 0 spiro atoms. The van der Waals surface area contributed by atoms with Gasteiger partial charge in [-0.2, -0.15) is 5.26 Å². The Morgan fingerprint density at radius 3 is 2.82 bits per heavy atom. The molecule has 52 valence electrons. The van der Waals surface area contributed by atoms with Crippen LogP contribution in [0.15, 0.2) is 18.3 Å². The molecule has 1 aromatic rings. The molecule has 0 fully saturated rings. The average molecular weight is 144 g/mol. The molecule has 0 bridgehead atoms. The molecule has 1 rings (SSSR count). The zero-order chi connectivity index (χ0) is 8.10. The van der Waals surface area contributed by atoms with Crippen LogP contribution in [0.25, 0.3) is 0 Å². The van der Waals surface area contributed by atoms with Gasteiger partial charge in [0, 0.05) is 5.92 Å². The molecule has 1 aromatic heterocycles. The van der Waals surface area contributed by atoms with Crippen LogP contribution in [0.3, 0.4) is 0 Å². The molecule has 0 amide bonds. The van der Waals surface area contributed by atoms with Crippen molar-refractivity contribution in [1.82, 2.24) is 4.98 Å². The van der Waals surface area contributed by atoms with E-state index >= 15 is 0 Å². The molecule has 0 radical (unpaired) electrons. The summed E-state index contributed by atoms with van der Waals surface area (Å²) < 4.78 is 0. The van der Waals surface area contributed by atoms with Gasteiger partial charge in [-0.3, -0.25) is 0 Å². The van der Waals surface area contributed by atoms with Gasteiger partial charge in [-0.1, -0.05) is 0 Å². The van der Waals surface area contributed by atoms with Gasteiger partial charge in [-0.05, 0) is 18.1 Å². The SMILES string of the molecule is N#CC#Cc1ccc(O)cn1. The van der Waals surface area contributed by atoms with Crippen LogP contribution in [0.5, 0.6) is 5.75 Å². The Hall–Kier alpha value is -2.00. The summed E-state index contributed by atoms with van der Waals surface area (Å²) in [6.45, 7) is 0. The summed E-state index contributed by atoms with van der Waals surface area (Å²) in [7, 11) is 0. The van der Waals surface area contributed by atoms with E-state index in [2.05, 4.69) is 16.8 Å². The van der Waals surface area contributed by atoms with E-state index in [9.17, 15) is 0 Å². The van der Waals surface area contributed by atoms with Gasteiger partial charge in [0.25, 0.3) is 0 Å². The molecule has 0 aromatic carbocycles. The van der Waals surface area contributed by atoms with E-state index in [0.29, 0.717) is 5.69 Å². The maximum absolute atomic E-state index is 8.81. The molecular formula is C8H4N2O. The summed E-state index contributed by atoms with van der Waals surface area (Å²) in [4.78, 5) is 3.74. The topological polar surface area (TPSA) is 56.9 Å². The van der Waals surface area contributed by atoms with Gasteiger partial charge in [0.15, 0.2) is 6.07 Å². The van der Waals surface area contributed by atoms with E-state index in [1.54, 1.807) is 12.1 Å². The van der Waals surface area contributed by atoms with E-state index in [-0.39, 0.29) is 5.75 Å². The maximum Gasteiger partial charge on any atom is 0.152 e. The Labute approximate surface area is 63.9 Å². The van der Waals surface area contributed by atoms with Crippen molar-refractivity contribution in [2.24, 2.45) is 0 Å². The maximum atomic E-state index is 8.81. The van der Waals surface area contributed by atoms with Crippen molar-refractivity contribution in [2.75, 3.05) is 0 Å². The second kappa shape index (κ2) is 3.24. The van der Waals surface area contributed by atoms with Gasteiger partial charge in [0.2, 0.25) is 0 Å². The Morgan fingerprint density at radius 2 is 2.27 bits per heavy atom. The van der Waals surface area contributed by atoms with Crippen molar-refractivity contribution in [2.45, 2.75) is 0 Å². The second-order valence-electron chi connectivity index (χ2n) is 1.76. The molecule has 0 aliphatic heterocycles. The minimum atomic E-state index is 0.0903. The normalized spacial score (nSPS) is 7.55. The lowest BCUT2D eigenvalue weighted by Crippen LogP contribution is -1.78. The number of pyridine rings is 1. The molecule has 1 heterocycles. The average Bonchev–Trinajstić information content (AvgIpc) is 2.04. The summed E-state index contributed by atoms with van der Waals surface area (Å²) in [5, 5.41) is 16.9. The highest BCUT2D eigenvalue weighted by atomic mass is 16.3. The first-order valence-electron chi connectivity index (χ1n) is 2.88. The van der Waals surface area contributed by atoms with Crippen molar-refractivity contribution >= 4 is 0 Å². The minimum Gasteiger partial charge on any atom is -0.506 e. The lowest BCUT2D eigenvalue weighted by Gasteiger charge is -1.88. The number of nitrogens with zero attached hydrogens (tertiary/aromatic N) is 2. The first kappa shape index (κ1) is 7.11. The van der Waals surface area contributed by atoms with Crippen LogP contribution < -0.4 is 0 Å². The number of aromatic nitrogens is 1. The number of aromatic hydroxyl groups is 1. The number of hydrogen-bond acceptors (Lipinski definition) is 3.